The van der Waals surface area contributed by atoms with Crippen LogP contribution in [0.25, 0.3) is 76.5 Å². The van der Waals surface area contributed by atoms with Gasteiger partial charge in [0.1, 0.15) is 11.2 Å². The first-order valence-corrected chi connectivity index (χ1v) is 13.6. The number of furan rings is 1. The largest absolute Gasteiger partial charge is 0.456 e. The summed E-state index contributed by atoms with van der Waals surface area (Å²) in [5.41, 5.74) is 6.65. The molecule has 1 heterocycles. The Morgan fingerprint density at radius 1 is 0.421 bits per heavy atom. The summed E-state index contributed by atoms with van der Waals surface area (Å²) in [6.07, 6.45) is 0. The highest BCUT2D eigenvalue weighted by Gasteiger charge is 2.19. The molecule has 1 nitrogen and oxygen atoms in total. The summed E-state index contributed by atoms with van der Waals surface area (Å²) in [7, 11) is 0. The van der Waals surface area contributed by atoms with Crippen molar-refractivity contribution in [1.82, 2.24) is 0 Å². The predicted molar refractivity (Wildman–Crippen MR) is 165 cm³/mol. The van der Waals surface area contributed by atoms with Gasteiger partial charge in [-0.25, -0.2) is 0 Å². The molecular weight excluding hydrogens is 528 g/mol. The van der Waals surface area contributed by atoms with Crippen molar-refractivity contribution >= 4 is 70.2 Å². The van der Waals surface area contributed by atoms with E-state index in [0.717, 1.165) is 21.0 Å². The van der Waals surface area contributed by atoms with E-state index in [-0.39, 0.29) is 0 Å². The lowest BCUT2D eigenvalue weighted by atomic mass is 9.88. The van der Waals surface area contributed by atoms with Crippen molar-refractivity contribution < 1.29 is 4.42 Å². The molecule has 0 saturated carbocycles. The molecule has 0 saturated heterocycles. The van der Waals surface area contributed by atoms with E-state index >= 15 is 0 Å². The SMILES string of the molecule is Brc1c2ccccc2c(-c2cc3oc4ccc(-c5ccccc5)cc4c3c3ccccc23)c2ccccc12. The van der Waals surface area contributed by atoms with E-state index in [0.29, 0.717) is 0 Å². The zero-order valence-corrected chi connectivity index (χ0v) is 22.0. The van der Waals surface area contributed by atoms with Crippen molar-refractivity contribution in [1.29, 1.82) is 0 Å². The van der Waals surface area contributed by atoms with Crippen molar-refractivity contribution in [2.75, 3.05) is 0 Å². The average Bonchev–Trinajstić information content (AvgIpc) is 3.36. The summed E-state index contributed by atoms with van der Waals surface area (Å²) in [5, 5.41) is 9.63. The van der Waals surface area contributed by atoms with Crippen LogP contribution in [0.4, 0.5) is 0 Å². The van der Waals surface area contributed by atoms with Crippen LogP contribution in [0.1, 0.15) is 0 Å². The van der Waals surface area contributed by atoms with Gasteiger partial charge in [0.25, 0.3) is 0 Å². The van der Waals surface area contributed by atoms with Crippen LogP contribution in [0.15, 0.2) is 136 Å². The molecule has 0 atom stereocenters. The average molecular weight is 549 g/mol. The topological polar surface area (TPSA) is 13.1 Å². The van der Waals surface area contributed by atoms with Crippen LogP contribution in [-0.2, 0) is 0 Å². The summed E-state index contributed by atoms with van der Waals surface area (Å²) in [5.74, 6) is 0. The minimum absolute atomic E-state index is 0.910. The Hall–Kier alpha value is -4.40. The molecule has 0 unspecified atom stereocenters. The van der Waals surface area contributed by atoms with Crippen LogP contribution in [0.5, 0.6) is 0 Å². The van der Waals surface area contributed by atoms with Gasteiger partial charge in [0.15, 0.2) is 0 Å². The first-order valence-electron chi connectivity index (χ1n) is 12.8. The molecule has 0 radical (unpaired) electrons. The maximum Gasteiger partial charge on any atom is 0.136 e. The lowest BCUT2D eigenvalue weighted by molar-refractivity contribution is 0.669. The molecule has 1 aromatic heterocycles. The van der Waals surface area contributed by atoms with Crippen molar-refractivity contribution in [2.24, 2.45) is 0 Å². The minimum Gasteiger partial charge on any atom is -0.456 e. The monoisotopic (exact) mass is 548 g/mol. The Kier molecular flexibility index (Phi) is 4.74. The van der Waals surface area contributed by atoms with E-state index in [2.05, 4.69) is 143 Å². The predicted octanol–water partition coefficient (Wildman–Crippen LogP) is 11.1. The van der Waals surface area contributed by atoms with Gasteiger partial charge < -0.3 is 4.42 Å². The van der Waals surface area contributed by atoms with Gasteiger partial charge in [-0.2, -0.15) is 0 Å². The molecule has 178 valence electrons. The van der Waals surface area contributed by atoms with Crippen LogP contribution >= 0.6 is 15.9 Å². The first-order chi connectivity index (χ1) is 18.8. The van der Waals surface area contributed by atoms with Crippen molar-refractivity contribution in [3.8, 4) is 22.3 Å². The Morgan fingerprint density at radius 2 is 1.00 bits per heavy atom. The lowest BCUT2D eigenvalue weighted by Crippen LogP contribution is -1.89. The molecule has 0 aliphatic rings. The van der Waals surface area contributed by atoms with Gasteiger partial charge >= 0.3 is 0 Å². The molecule has 8 aromatic rings. The normalized spacial score (nSPS) is 11.8. The molecule has 38 heavy (non-hydrogen) atoms. The fourth-order valence-corrected chi connectivity index (χ4v) is 6.71. The summed E-state index contributed by atoms with van der Waals surface area (Å²) in [4.78, 5) is 0. The molecule has 0 aliphatic carbocycles. The molecule has 7 aromatic carbocycles. The number of benzene rings is 7. The molecule has 0 amide bonds. The second-order valence-corrected chi connectivity index (χ2v) is 10.6. The molecule has 0 bridgehead atoms. The first kappa shape index (κ1) is 21.7. The molecule has 2 heteroatoms. The van der Waals surface area contributed by atoms with E-state index in [1.807, 2.05) is 0 Å². The third kappa shape index (κ3) is 3.11. The fourth-order valence-electron chi connectivity index (χ4n) is 6.02. The van der Waals surface area contributed by atoms with E-state index in [1.165, 1.54) is 60.0 Å². The number of hydrogen-bond acceptors (Lipinski definition) is 1. The third-order valence-electron chi connectivity index (χ3n) is 7.72. The van der Waals surface area contributed by atoms with Crippen LogP contribution < -0.4 is 0 Å². The molecular formula is C36H21BrO. The molecule has 0 fully saturated rings. The molecule has 0 aliphatic heterocycles. The van der Waals surface area contributed by atoms with Crippen LogP contribution in [0, 0.1) is 0 Å². The fraction of sp³-hybridized carbons (Fsp3) is 0. The van der Waals surface area contributed by atoms with Crippen LogP contribution in [-0.4, -0.2) is 0 Å². The molecule has 0 N–H and O–H groups in total. The quantitative estimate of drug-likeness (QED) is 0.196. The number of halogens is 1. The highest BCUT2D eigenvalue weighted by atomic mass is 79.9. The lowest BCUT2D eigenvalue weighted by Gasteiger charge is -2.16. The van der Waals surface area contributed by atoms with Gasteiger partial charge in [-0.15, -0.1) is 0 Å². The summed E-state index contributed by atoms with van der Waals surface area (Å²) in [6, 6.07) is 45.4. The molecule has 8 rings (SSSR count). The summed E-state index contributed by atoms with van der Waals surface area (Å²) < 4.78 is 7.69. The van der Waals surface area contributed by atoms with E-state index in [9.17, 15) is 0 Å². The smallest absolute Gasteiger partial charge is 0.136 e. The van der Waals surface area contributed by atoms with Gasteiger partial charge in [-0.1, -0.05) is 109 Å². The van der Waals surface area contributed by atoms with Gasteiger partial charge in [-0.05, 0) is 88.7 Å². The van der Waals surface area contributed by atoms with E-state index in [4.69, 9.17) is 4.42 Å². The summed E-state index contributed by atoms with van der Waals surface area (Å²) in [6.45, 7) is 0. The van der Waals surface area contributed by atoms with Gasteiger partial charge in [0, 0.05) is 15.2 Å². The zero-order chi connectivity index (χ0) is 25.2. The highest BCUT2D eigenvalue weighted by Crippen LogP contribution is 2.46. The Labute approximate surface area is 228 Å². The standard InChI is InChI=1S/C36H21BrO/c37-36-28-16-8-6-14-26(28)34(27-15-7-9-17-29(27)36)30-21-33-35(25-13-5-4-12-24(25)30)31-20-23(18-19-32(31)38-33)22-10-2-1-3-11-22/h1-21H. The third-order valence-corrected chi connectivity index (χ3v) is 8.57. The van der Waals surface area contributed by atoms with Crippen molar-refractivity contribution in [3.63, 3.8) is 0 Å². The van der Waals surface area contributed by atoms with Crippen LogP contribution in [0.3, 0.4) is 0 Å². The van der Waals surface area contributed by atoms with Gasteiger partial charge in [0.2, 0.25) is 0 Å². The van der Waals surface area contributed by atoms with Gasteiger partial charge in [-0.3, -0.25) is 0 Å². The van der Waals surface area contributed by atoms with E-state index < -0.39 is 0 Å². The molecule has 0 spiro atoms. The number of fused-ring (bicyclic) bond motifs is 7. The minimum atomic E-state index is 0.910. The van der Waals surface area contributed by atoms with E-state index in [1.54, 1.807) is 0 Å². The second kappa shape index (κ2) is 8.31. The van der Waals surface area contributed by atoms with Crippen molar-refractivity contribution in [2.45, 2.75) is 0 Å². The van der Waals surface area contributed by atoms with Crippen molar-refractivity contribution in [3.05, 3.63) is 132 Å². The Morgan fingerprint density at radius 3 is 1.68 bits per heavy atom. The maximum atomic E-state index is 6.55. The maximum absolute atomic E-state index is 6.55. The highest BCUT2D eigenvalue weighted by molar-refractivity contribution is 9.10. The Bertz CT molecular complexity index is 2130. The second-order valence-electron chi connectivity index (χ2n) is 9.80. The zero-order valence-electron chi connectivity index (χ0n) is 20.4. The summed E-state index contributed by atoms with van der Waals surface area (Å²) >= 11 is 3.91. The van der Waals surface area contributed by atoms with Gasteiger partial charge in [0.05, 0.1) is 0 Å². The van der Waals surface area contributed by atoms with Crippen LogP contribution in [0.2, 0.25) is 0 Å². The Balaban J connectivity index is 1.52. The number of hydrogen-bond donors (Lipinski definition) is 0. The number of rotatable bonds is 2.